The van der Waals surface area contributed by atoms with Crippen molar-refractivity contribution in [3.8, 4) is 0 Å². The standard InChI is InChI=1S/C11H16/c1-4-10-6-5-8-11(2,3)9-7-10/h5-9H,4H2,1-3H3. The van der Waals surface area contributed by atoms with Crippen LogP contribution < -0.4 is 0 Å². The van der Waals surface area contributed by atoms with E-state index < -0.39 is 0 Å². The van der Waals surface area contributed by atoms with Crippen molar-refractivity contribution >= 4 is 0 Å². The monoisotopic (exact) mass is 148 g/mol. The van der Waals surface area contributed by atoms with Crippen LogP contribution in [0.15, 0.2) is 36.0 Å². The number of allylic oxidation sites excluding steroid dienone is 6. The van der Waals surface area contributed by atoms with Gasteiger partial charge in [-0.3, -0.25) is 0 Å². The molecule has 1 rings (SSSR count). The molecule has 0 spiro atoms. The van der Waals surface area contributed by atoms with Crippen molar-refractivity contribution < 1.29 is 0 Å². The first-order valence-electron chi connectivity index (χ1n) is 4.22. The average Bonchev–Trinajstić information content (AvgIpc) is 2.10. The second-order valence-electron chi connectivity index (χ2n) is 3.61. The third-order valence-electron chi connectivity index (χ3n) is 1.97. The molecule has 0 saturated carbocycles. The fourth-order valence-corrected chi connectivity index (χ4v) is 1.09. The summed E-state index contributed by atoms with van der Waals surface area (Å²) >= 11 is 0. The Morgan fingerprint density at radius 1 is 1.27 bits per heavy atom. The van der Waals surface area contributed by atoms with E-state index in [1.807, 2.05) is 0 Å². The lowest BCUT2D eigenvalue weighted by Crippen LogP contribution is -2.00. The molecular weight excluding hydrogens is 132 g/mol. The zero-order valence-electron chi connectivity index (χ0n) is 7.59. The SMILES string of the molecule is CCC1=CC=CC(C)(C)C=C1. The molecule has 11 heavy (non-hydrogen) atoms. The molecule has 1 aliphatic carbocycles. The fourth-order valence-electron chi connectivity index (χ4n) is 1.09. The van der Waals surface area contributed by atoms with E-state index in [9.17, 15) is 0 Å². The Hall–Kier alpha value is -0.780. The highest BCUT2D eigenvalue weighted by atomic mass is 14.1. The maximum absolute atomic E-state index is 2.26. The summed E-state index contributed by atoms with van der Waals surface area (Å²) in [6.07, 6.45) is 12.2. The van der Waals surface area contributed by atoms with Crippen LogP contribution in [0.2, 0.25) is 0 Å². The van der Waals surface area contributed by atoms with Crippen molar-refractivity contribution in [1.82, 2.24) is 0 Å². The number of rotatable bonds is 1. The predicted octanol–water partition coefficient (Wildman–Crippen LogP) is 3.48. The van der Waals surface area contributed by atoms with Crippen LogP contribution in [-0.4, -0.2) is 0 Å². The lowest BCUT2D eigenvalue weighted by atomic mass is 9.93. The minimum atomic E-state index is 0.230. The van der Waals surface area contributed by atoms with Gasteiger partial charge in [0.15, 0.2) is 0 Å². The molecule has 0 aromatic carbocycles. The van der Waals surface area contributed by atoms with E-state index in [2.05, 4.69) is 51.2 Å². The summed E-state index contributed by atoms with van der Waals surface area (Å²) in [7, 11) is 0. The first-order chi connectivity index (χ1) is 5.14. The van der Waals surface area contributed by atoms with Gasteiger partial charge in [-0.1, -0.05) is 51.2 Å². The Kier molecular flexibility index (Phi) is 2.33. The second-order valence-corrected chi connectivity index (χ2v) is 3.61. The lowest BCUT2D eigenvalue weighted by Gasteiger charge is -2.12. The van der Waals surface area contributed by atoms with E-state index in [0.29, 0.717) is 0 Å². The highest BCUT2D eigenvalue weighted by molar-refractivity contribution is 5.30. The van der Waals surface area contributed by atoms with Gasteiger partial charge in [-0.25, -0.2) is 0 Å². The predicted molar refractivity (Wildman–Crippen MR) is 50.4 cm³/mol. The van der Waals surface area contributed by atoms with E-state index in [-0.39, 0.29) is 5.41 Å². The number of hydrogen-bond acceptors (Lipinski definition) is 0. The highest BCUT2D eigenvalue weighted by Gasteiger charge is 2.09. The molecule has 0 N–H and O–H groups in total. The van der Waals surface area contributed by atoms with Gasteiger partial charge in [-0.05, 0) is 12.0 Å². The summed E-state index contributed by atoms with van der Waals surface area (Å²) in [5.74, 6) is 0. The zero-order chi connectivity index (χ0) is 8.32. The second kappa shape index (κ2) is 3.08. The quantitative estimate of drug-likeness (QED) is 0.534. The third-order valence-corrected chi connectivity index (χ3v) is 1.97. The van der Waals surface area contributed by atoms with Gasteiger partial charge in [-0.15, -0.1) is 0 Å². The van der Waals surface area contributed by atoms with E-state index in [1.165, 1.54) is 5.57 Å². The summed E-state index contributed by atoms with van der Waals surface area (Å²) in [5, 5.41) is 0. The summed E-state index contributed by atoms with van der Waals surface area (Å²) in [6, 6.07) is 0. The molecular formula is C11H16. The first kappa shape index (κ1) is 8.32. The molecule has 0 radical (unpaired) electrons. The molecule has 0 unspecified atom stereocenters. The Bertz CT molecular complexity index is 214. The summed E-state index contributed by atoms with van der Waals surface area (Å²) in [6.45, 7) is 6.61. The molecule has 0 heteroatoms. The Labute approximate surface area is 69.3 Å². The zero-order valence-corrected chi connectivity index (χ0v) is 7.59. The molecule has 0 aromatic rings. The molecule has 0 fully saturated rings. The van der Waals surface area contributed by atoms with Crippen LogP contribution >= 0.6 is 0 Å². The maximum Gasteiger partial charge on any atom is 0.00107 e. The molecule has 0 nitrogen and oxygen atoms in total. The molecule has 0 bridgehead atoms. The van der Waals surface area contributed by atoms with Crippen molar-refractivity contribution in [2.45, 2.75) is 27.2 Å². The Morgan fingerprint density at radius 3 is 2.64 bits per heavy atom. The summed E-state index contributed by atoms with van der Waals surface area (Å²) in [5.41, 5.74) is 1.64. The van der Waals surface area contributed by atoms with Crippen LogP contribution in [0.4, 0.5) is 0 Å². The van der Waals surface area contributed by atoms with Crippen LogP contribution in [0.3, 0.4) is 0 Å². The van der Waals surface area contributed by atoms with Crippen LogP contribution in [0.5, 0.6) is 0 Å². The van der Waals surface area contributed by atoms with Crippen molar-refractivity contribution in [3.05, 3.63) is 36.0 Å². The minimum absolute atomic E-state index is 0.230. The van der Waals surface area contributed by atoms with E-state index in [4.69, 9.17) is 0 Å². The van der Waals surface area contributed by atoms with Crippen molar-refractivity contribution in [3.63, 3.8) is 0 Å². The smallest absolute Gasteiger partial charge is 0.00107 e. The van der Waals surface area contributed by atoms with Crippen molar-refractivity contribution in [1.29, 1.82) is 0 Å². The van der Waals surface area contributed by atoms with Crippen molar-refractivity contribution in [2.75, 3.05) is 0 Å². The normalized spacial score (nSPS) is 21.2. The van der Waals surface area contributed by atoms with Gasteiger partial charge in [-0.2, -0.15) is 0 Å². The van der Waals surface area contributed by atoms with E-state index in [1.54, 1.807) is 0 Å². The number of hydrogen-bond donors (Lipinski definition) is 0. The lowest BCUT2D eigenvalue weighted by molar-refractivity contribution is 0.626. The maximum atomic E-state index is 2.26. The molecule has 0 aromatic heterocycles. The molecule has 60 valence electrons. The fraction of sp³-hybridized carbons (Fsp3) is 0.455. The van der Waals surface area contributed by atoms with Crippen molar-refractivity contribution in [2.24, 2.45) is 5.41 Å². The van der Waals surface area contributed by atoms with Gasteiger partial charge in [0.1, 0.15) is 0 Å². The van der Waals surface area contributed by atoms with Gasteiger partial charge >= 0.3 is 0 Å². The highest BCUT2D eigenvalue weighted by Crippen LogP contribution is 2.23. The summed E-state index contributed by atoms with van der Waals surface area (Å²) in [4.78, 5) is 0. The molecule has 0 aliphatic heterocycles. The van der Waals surface area contributed by atoms with E-state index >= 15 is 0 Å². The Balaban J connectivity index is 2.83. The summed E-state index contributed by atoms with van der Waals surface area (Å²) < 4.78 is 0. The van der Waals surface area contributed by atoms with Gasteiger partial charge in [0.25, 0.3) is 0 Å². The van der Waals surface area contributed by atoms with Gasteiger partial charge in [0, 0.05) is 5.41 Å². The molecule has 0 saturated heterocycles. The topological polar surface area (TPSA) is 0 Å². The third kappa shape index (κ3) is 2.38. The molecule has 0 heterocycles. The van der Waals surface area contributed by atoms with Gasteiger partial charge < -0.3 is 0 Å². The van der Waals surface area contributed by atoms with E-state index in [0.717, 1.165) is 6.42 Å². The Morgan fingerprint density at radius 2 is 2.00 bits per heavy atom. The largest absolute Gasteiger partial charge is 0.0751 e. The first-order valence-corrected chi connectivity index (χ1v) is 4.22. The van der Waals surface area contributed by atoms with Crippen LogP contribution in [-0.2, 0) is 0 Å². The molecule has 0 atom stereocenters. The van der Waals surface area contributed by atoms with Crippen LogP contribution in [0, 0.1) is 5.41 Å². The van der Waals surface area contributed by atoms with Gasteiger partial charge in [0.05, 0.1) is 0 Å². The van der Waals surface area contributed by atoms with Crippen LogP contribution in [0.1, 0.15) is 27.2 Å². The average molecular weight is 148 g/mol. The minimum Gasteiger partial charge on any atom is -0.0751 e. The molecule has 0 amide bonds. The molecule has 1 aliphatic rings. The van der Waals surface area contributed by atoms with Crippen LogP contribution in [0.25, 0.3) is 0 Å². The van der Waals surface area contributed by atoms with Gasteiger partial charge in [0.2, 0.25) is 0 Å².